The molecule has 2 fully saturated rings. The van der Waals surface area contributed by atoms with Crippen molar-refractivity contribution >= 4 is 33.4 Å². The van der Waals surface area contributed by atoms with Crippen molar-refractivity contribution in [2.45, 2.75) is 17.7 Å². The first-order chi connectivity index (χ1) is 15.5. The third-order valence-electron chi connectivity index (χ3n) is 6.09. The summed E-state index contributed by atoms with van der Waals surface area (Å²) in [5, 5.41) is 2.79. The summed E-state index contributed by atoms with van der Waals surface area (Å²) in [7, 11) is -3.60. The van der Waals surface area contributed by atoms with Crippen molar-refractivity contribution in [3.63, 3.8) is 0 Å². The van der Waals surface area contributed by atoms with E-state index in [2.05, 4.69) is 20.1 Å². The number of anilines is 3. The predicted molar refractivity (Wildman–Crippen MR) is 119 cm³/mol. The quantitative estimate of drug-likeness (QED) is 0.714. The number of fused-ring (bicyclic) bond motifs is 1. The second-order valence-corrected chi connectivity index (χ2v) is 10.0. The summed E-state index contributed by atoms with van der Waals surface area (Å²) in [5.41, 5.74) is 1.56. The van der Waals surface area contributed by atoms with E-state index in [0.29, 0.717) is 63.9 Å². The Morgan fingerprint density at radius 1 is 0.938 bits per heavy atom. The lowest BCUT2D eigenvalue weighted by Gasteiger charge is -2.35. The van der Waals surface area contributed by atoms with Gasteiger partial charge in [-0.3, -0.25) is 4.79 Å². The van der Waals surface area contributed by atoms with E-state index in [1.165, 1.54) is 4.31 Å². The molecular formula is C21H26N6O4S. The number of nitrogens with zero attached hydrogens (tertiary/aromatic N) is 5. The molecule has 0 radical (unpaired) electrons. The van der Waals surface area contributed by atoms with E-state index in [4.69, 9.17) is 9.72 Å². The maximum absolute atomic E-state index is 13.2. The van der Waals surface area contributed by atoms with Crippen molar-refractivity contribution in [1.82, 2.24) is 14.3 Å². The smallest absolute Gasteiger partial charge is 0.243 e. The highest BCUT2D eigenvalue weighted by Gasteiger charge is 2.30. The number of hydrogen-bond acceptors (Lipinski definition) is 8. The van der Waals surface area contributed by atoms with Crippen LogP contribution >= 0.6 is 0 Å². The molecule has 170 valence electrons. The molecule has 0 bridgehead atoms. The Labute approximate surface area is 187 Å². The third-order valence-corrected chi connectivity index (χ3v) is 7.99. The number of nitrogens with one attached hydrogen (secondary N) is 1. The lowest BCUT2D eigenvalue weighted by molar-refractivity contribution is -0.116. The Balaban J connectivity index is 1.27. The van der Waals surface area contributed by atoms with Crippen LogP contribution in [0.1, 0.15) is 12.0 Å². The minimum atomic E-state index is -3.60. The van der Waals surface area contributed by atoms with Gasteiger partial charge in [-0.15, -0.1) is 0 Å². The molecule has 0 spiro atoms. The summed E-state index contributed by atoms with van der Waals surface area (Å²) < 4.78 is 33.4. The SMILES string of the molecule is O=C1CCc2cc(S(=O)(=O)N3CCN(c4ccnc(N5CCOCC5)n4)CC3)ccc2N1. The lowest BCUT2D eigenvalue weighted by atomic mass is 10.0. The average Bonchev–Trinajstić information content (AvgIpc) is 2.84. The second kappa shape index (κ2) is 8.64. The zero-order chi connectivity index (χ0) is 22.1. The van der Waals surface area contributed by atoms with Gasteiger partial charge in [-0.25, -0.2) is 13.4 Å². The Hall–Kier alpha value is -2.76. The van der Waals surface area contributed by atoms with Gasteiger partial charge in [0.1, 0.15) is 5.82 Å². The number of carbonyl (C=O) groups is 1. The fourth-order valence-corrected chi connectivity index (χ4v) is 5.73. The molecule has 1 amide bonds. The molecule has 10 nitrogen and oxygen atoms in total. The van der Waals surface area contributed by atoms with E-state index in [1.807, 2.05) is 6.07 Å². The van der Waals surface area contributed by atoms with Gasteiger partial charge in [0.25, 0.3) is 0 Å². The van der Waals surface area contributed by atoms with Crippen LogP contribution in [0.25, 0.3) is 0 Å². The average molecular weight is 459 g/mol. The number of sulfonamides is 1. The number of ether oxygens (including phenoxy) is 1. The van der Waals surface area contributed by atoms with Crippen molar-refractivity contribution in [1.29, 1.82) is 0 Å². The van der Waals surface area contributed by atoms with Crippen molar-refractivity contribution in [3.8, 4) is 0 Å². The minimum Gasteiger partial charge on any atom is -0.378 e. The van der Waals surface area contributed by atoms with Gasteiger partial charge in [0, 0.05) is 57.6 Å². The van der Waals surface area contributed by atoms with Crippen LogP contribution < -0.4 is 15.1 Å². The van der Waals surface area contributed by atoms with Gasteiger partial charge in [-0.1, -0.05) is 0 Å². The van der Waals surface area contributed by atoms with Crippen LogP contribution in [-0.2, 0) is 26.0 Å². The van der Waals surface area contributed by atoms with Gasteiger partial charge in [-0.05, 0) is 36.2 Å². The van der Waals surface area contributed by atoms with E-state index in [1.54, 1.807) is 24.4 Å². The van der Waals surface area contributed by atoms with Crippen LogP contribution in [0.5, 0.6) is 0 Å². The largest absolute Gasteiger partial charge is 0.378 e. The summed E-state index contributed by atoms with van der Waals surface area (Å²) in [5.74, 6) is 1.45. The number of aromatic nitrogens is 2. The van der Waals surface area contributed by atoms with Crippen LogP contribution in [0.4, 0.5) is 17.5 Å². The molecule has 0 saturated carbocycles. The van der Waals surface area contributed by atoms with E-state index < -0.39 is 10.0 Å². The van der Waals surface area contributed by atoms with Gasteiger partial charge < -0.3 is 19.9 Å². The van der Waals surface area contributed by atoms with Crippen LogP contribution in [0, 0.1) is 0 Å². The summed E-state index contributed by atoms with van der Waals surface area (Å²) >= 11 is 0. The van der Waals surface area contributed by atoms with Crippen LogP contribution in [0.3, 0.4) is 0 Å². The number of amides is 1. The fraction of sp³-hybridized carbons (Fsp3) is 0.476. The molecule has 5 rings (SSSR count). The fourth-order valence-electron chi connectivity index (χ4n) is 4.26. The Morgan fingerprint density at radius 3 is 2.50 bits per heavy atom. The van der Waals surface area contributed by atoms with Crippen molar-refractivity contribution in [3.05, 3.63) is 36.0 Å². The monoisotopic (exact) mass is 458 g/mol. The van der Waals surface area contributed by atoms with E-state index in [-0.39, 0.29) is 10.8 Å². The first-order valence-electron chi connectivity index (χ1n) is 10.8. The molecule has 0 atom stereocenters. The highest BCUT2D eigenvalue weighted by atomic mass is 32.2. The normalized spacial score (nSPS) is 20.1. The number of hydrogen-bond donors (Lipinski definition) is 1. The summed E-state index contributed by atoms with van der Waals surface area (Å²) in [6, 6.07) is 6.82. The zero-order valence-corrected chi connectivity index (χ0v) is 18.6. The van der Waals surface area contributed by atoms with Crippen molar-refractivity contribution < 1.29 is 17.9 Å². The van der Waals surface area contributed by atoms with Crippen LogP contribution in [0.15, 0.2) is 35.4 Å². The van der Waals surface area contributed by atoms with Gasteiger partial charge in [0.2, 0.25) is 21.9 Å². The molecule has 0 unspecified atom stereocenters. The summed E-state index contributed by atoms with van der Waals surface area (Å²) in [4.78, 5) is 25.1. The van der Waals surface area contributed by atoms with Gasteiger partial charge >= 0.3 is 0 Å². The molecule has 2 aromatic rings. The van der Waals surface area contributed by atoms with E-state index in [0.717, 1.165) is 24.5 Å². The summed E-state index contributed by atoms with van der Waals surface area (Å²) in [6.45, 7) is 4.73. The highest BCUT2D eigenvalue weighted by molar-refractivity contribution is 7.89. The molecule has 0 aliphatic carbocycles. The molecule has 3 aliphatic heterocycles. The summed E-state index contributed by atoms with van der Waals surface area (Å²) in [6.07, 6.45) is 2.68. The zero-order valence-electron chi connectivity index (χ0n) is 17.7. The molecular weight excluding hydrogens is 432 g/mol. The molecule has 11 heteroatoms. The number of carbonyl (C=O) groups excluding carboxylic acids is 1. The molecule has 2 saturated heterocycles. The molecule has 3 aliphatic rings. The minimum absolute atomic E-state index is 0.0364. The molecule has 32 heavy (non-hydrogen) atoms. The lowest BCUT2D eigenvalue weighted by Crippen LogP contribution is -2.49. The molecule has 4 heterocycles. The first kappa shape index (κ1) is 21.1. The van der Waals surface area contributed by atoms with E-state index >= 15 is 0 Å². The molecule has 1 N–H and O–H groups in total. The second-order valence-electron chi connectivity index (χ2n) is 8.07. The van der Waals surface area contributed by atoms with Gasteiger partial charge in [-0.2, -0.15) is 9.29 Å². The van der Waals surface area contributed by atoms with Crippen LogP contribution in [-0.4, -0.2) is 81.1 Å². The Bertz CT molecular complexity index is 1110. The van der Waals surface area contributed by atoms with Gasteiger partial charge in [0.15, 0.2) is 0 Å². The highest BCUT2D eigenvalue weighted by Crippen LogP contribution is 2.28. The number of benzene rings is 1. The van der Waals surface area contributed by atoms with E-state index in [9.17, 15) is 13.2 Å². The molecule has 1 aromatic carbocycles. The standard InChI is InChI=1S/C21H26N6O4S/c28-20-4-1-16-15-17(2-3-18(16)23-20)32(29,30)27-9-7-25(8-10-27)19-5-6-22-21(24-19)26-11-13-31-14-12-26/h2-3,5-6,15H,1,4,7-14H2,(H,23,28). The number of aryl methyl sites for hydroxylation is 1. The topological polar surface area (TPSA) is 108 Å². The number of rotatable bonds is 4. The Morgan fingerprint density at radius 2 is 1.72 bits per heavy atom. The Kier molecular flexibility index (Phi) is 5.70. The molecule has 1 aromatic heterocycles. The first-order valence-corrected chi connectivity index (χ1v) is 12.3. The third kappa shape index (κ3) is 4.15. The van der Waals surface area contributed by atoms with Crippen molar-refractivity contribution in [2.24, 2.45) is 0 Å². The number of morpholine rings is 1. The van der Waals surface area contributed by atoms with Crippen LogP contribution in [0.2, 0.25) is 0 Å². The predicted octanol–water partition coefficient (Wildman–Crippen LogP) is 0.709. The van der Waals surface area contributed by atoms with Crippen molar-refractivity contribution in [2.75, 3.05) is 67.6 Å². The maximum Gasteiger partial charge on any atom is 0.243 e. The maximum atomic E-state index is 13.2. The number of piperazine rings is 1. The van der Waals surface area contributed by atoms with Gasteiger partial charge in [0.05, 0.1) is 18.1 Å².